The number of rotatable bonds is 2. The molecule has 0 spiro atoms. The SMILES string of the molecule is CC1(C)c2ccccc2-c2c(-c3ccc(Cl)cc3)oc(-c3ccccc3)c21. The molecule has 3 aromatic carbocycles. The Morgan fingerprint density at radius 1 is 0.704 bits per heavy atom. The van der Waals surface area contributed by atoms with E-state index in [0.29, 0.717) is 0 Å². The minimum atomic E-state index is -0.120. The molecule has 1 aliphatic carbocycles. The maximum Gasteiger partial charge on any atom is 0.142 e. The highest BCUT2D eigenvalue weighted by molar-refractivity contribution is 6.30. The molecule has 1 aromatic heterocycles. The first-order valence-corrected chi connectivity index (χ1v) is 9.53. The molecule has 5 rings (SSSR count). The molecule has 0 atom stereocenters. The summed E-state index contributed by atoms with van der Waals surface area (Å²) in [5.74, 6) is 1.87. The summed E-state index contributed by atoms with van der Waals surface area (Å²) in [7, 11) is 0. The summed E-state index contributed by atoms with van der Waals surface area (Å²) in [5.41, 5.74) is 7.11. The van der Waals surface area contributed by atoms with Gasteiger partial charge in [0, 0.05) is 32.7 Å². The van der Waals surface area contributed by atoms with Crippen molar-refractivity contribution in [2.45, 2.75) is 19.3 Å². The Kier molecular flexibility index (Phi) is 3.57. The van der Waals surface area contributed by atoms with E-state index in [0.717, 1.165) is 27.7 Å². The Balaban J connectivity index is 1.87. The fourth-order valence-corrected chi connectivity index (χ4v) is 4.39. The summed E-state index contributed by atoms with van der Waals surface area (Å²) in [4.78, 5) is 0. The number of benzene rings is 3. The zero-order valence-electron chi connectivity index (χ0n) is 15.3. The van der Waals surface area contributed by atoms with Crippen molar-refractivity contribution in [1.82, 2.24) is 0 Å². The third-order valence-corrected chi connectivity index (χ3v) is 5.80. The number of hydrogen-bond donors (Lipinski definition) is 0. The number of halogens is 1. The molecule has 0 bridgehead atoms. The van der Waals surface area contributed by atoms with E-state index in [9.17, 15) is 0 Å². The van der Waals surface area contributed by atoms with Crippen LogP contribution in [-0.4, -0.2) is 0 Å². The highest BCUT2D eigenvalue weighted by Gasteiger charge is 2.42. The second-order valence-electron chi connectivity index (χ2n) is 7.55. The van der Waals surface area contributed by atoms with Gasteiger partial charge in [-0.3, -0.25) is 0 Å². The second kappa shape index (κ2) is 5.87. The topological polar surface area (TPSA) is 13.1 Å². The van der Waals surface area contributed by atoms with Gasteiger partial charge in [-0.2, -0.15) is 0 Å². The van der Waals surface area contributed by atoms with Crippen molar-refractivity contribution in [3.8, 4) is 33.8 Å². The molecule has 27 heavy (non-hydrogen) atoms. The van der Waals surface area contributed by atoms with Gasteiger partial charge in [0.2, 0.25) is 0 Å². The van der Waals surface area contributed by atoms with E-state index in [1.807, 2.05) is 30.3 Å². The summed E-state index contributed by atoms with van der Waals surface area (Å²) in [6.07, 6.45) is 0. The van der Waals surface area contributed by atoms with Crippen molar-refractivity contribution in [2.75, 3.05) is 0 Å². The van der Waals surface area contributed by atoms with Crippen LogP contribution in [0.15, 0.2) is 83.3 Å². The van der Waals surface area contributed by atoms with Crippen molar-refractivity contribution in [1.29, 1.82) is 0 Å². The molecule has 0 amide bonds. The van der Waals surface area contributed by atoms with Crippen molar-refractivity contribution in [3.63, 3.8) is 0 Å². The van der Waals surface area contributed by atoms with Crippen LogP contribution in [0.5, 0.6) is 0 Å². The highest BCUT2D eigenvalue weighted by atomic mass is 35.5. The Morgan fingerprint density at radius 3 is 2.07 bits per heavy atom. The third kappa shape index (κ3) is 2.39. The van der Waals surface area contributed by atoms with Gasteiger partial charge in [0.25, 0.3) is 0 Å². The lowest BCUT2D eigenvalue weighted by atomic mass is 9.81. The van der Waals surface area contributed by atoms with Crippen LogP contribution in [0.25, 0.3) is 33.8 Å². The molecular weight excluding hydrogens is 352 g/mol. The van der Waals surface area contributed by atoms with Gasteiger partial charge >= 0.3 is 0 Å². The average Bonchev–Trinajstić information content (AvgIpc) is 3.20. The van der Waals surface area contributed by atoms with E-state index >= 15 is 0 Å². The van der Waals surface area contributed by atoms with Crippen LogP contribution in [0, 0.1) is 0 Å². The van der Waals surface area contributed by atoms with Crippen molar-refractivity contribution in [2.24, 2.45) is 0 Å². The lowest BCUT2D eigenvalue weighted by Crippen LogP contribution is -2.15. The first-order valence-electron chi connectivity index (χ1n) is 9.16. The minimum Gasteiger partial charge on any atom is -0.455 e. The van der Waals surface area contributed by atoms with Gasteiger partial charge in [-0.25, -0.2) is 0 Å². The van der Waals surface area contributed by atoms with Gasteiger partial charge in [0.1, 0.15) is 11.5 Å². The molecule has 0 aliphatic heterocycles. The highest BCUT2D eigenvalue weighted by Crippen LogP contribution is 2.57. The summed E-state index contributed by atoms with van der Waals surface area (Å²) in [5, 5.41) is 0.728. The zero-order valence-corrected chi connectivity index (χ0v) is 16.0. The molecule has 0 saturated carbocycles. The predicted molar refractivity (Wildman–Crippen MR) is 112 cm³/mol. The van der Waals surface area contributed by atoms with Crippen molar-refractivity contribution in [3.05, 3.63) is 95.0 Å². The van der Waals surface area contributed by atoms with Gasteiger partial charge in [0.05, 0.1) is 0 Å². The first-order chi connectivity index (χ1) is 13.1. The van der Waals surface area contributed by atoms with Crippen LogP contribution in [0.1, 0.15) is 25.0 Å². The molecule has 1 aliphatic rings. The van der Waals surface area contributed by atoms with Gasteiger partial charge in [-0.15, -0.1) is 0 Å². The number of fused-ring (bicyclic) bond motifs is 3. The summed E-state index contributed by atoms with van der Waals surface area (Å²) < 4.78 is 6.55. The lowest BCUT2D eigenvalue weighted by Gasteiger charge is -2.21. The molecule has 4 aromatic rings. The summed E-state index contributed by atoms with van der Waals surface area (Å²) in [6.45, 7) is 4.57. The van der Waals surface area contributed by atoms with E-state index in [1.165, 1.54) is 22.3 Å². The maximum atomic E-state index is 6.55. The quantitative estimate of drug-likeness (QED) is 0.354. The standard InChI is InChI=1S/C25H19ClO/c1-25(2)20-11-7-6-10-19(20)21-22(25)24(16-8-4-3-5-9-16)27-23(21)17-12-14-18(26)15-13-17/h3-15H,1-2H3. The normalized spacial score (nSPS) is 14.0. The summed E-state index contributed by atoms with van der Waals surface area (Å²) >= 11 is 6.11. The maximum absolute atomic E-state index is 6.55. The largest absolute Gasteiger partial charge is 0.455 e. The van der Waals surface area contributed by atoms with Crippen LogP contribution in [0.3, 0.4) is 0 Å². The van der Waals surface area contributed by atoms with Gasteiger partial charge < -0.3 is 4.42 Å². The first kappa shape index (κ1) is 16.4. The van der Waals surface area contributed by atoms with E-state index in [1.54, 1.807) is 0 Å². The predicted octanol–water partition coefficient (Wildman–Crippen LogP) is 7.57. The Bertz CT molecular complexity index is 1130. The molecule has 0 unspecified atom stereocenters. The Hall–Kier alpha value is -2.77. The van der Waals surface area contributed by atoms with Crippen LogP contribution in [0.2, 0.25) is 5.02 Å². The fourth-order valence-electron chi connectivity index (χ4n) is 4.26. The molecule has 0 saturated heterocycles. The second-order valence-corrected chi connectivity index (χ2v) is 7.99. The molecule has 0 fully saturated rings. The van der Waals surface area contributed by atoms with E-state index in [-0.39, 0.29) is 5.41 Å². The van der Waals surface area contributed by atoms with Crippen LogP contribution < -0.4 is 0 Å². The monoisotopic (exact) mass is 370 g/mol. The van der Waals surface area contributed by atoms with Crippen molar-refractivity contribution < 1.29 is 4.42 Å². The lowest BCUT2D eigenvalue weighted by molar-refractivity contribution is 0.575. The van der Waals surface area contributed by atoms with Crippen LogP contribution in [0.4, 0.5) is 0 Å². The molecular formula is C25H19ClO. The minimum absolute atomic E-state index is 0.120. The third-order valence-electron chi connectivity index (χ3n) is 5.55. The fraction of sp³-hybridized carbons (Fsp3) is 0.120. The number of furan rings is 1. The van der Waals surface area contributed by atoms with Gasteiger partial charge in [0.15, 0.2) is 0 Å². The van der Waals surface area contributed by atoms with Crippen LogP contribution in [-0.2, 0) is 5.41 Å². The molecule has 132 valence electrons. The van der Waals surface area contributed by atoms with Crippen LogP contribution >= 0.6 is 11.6 Å². The molecule has 0 radical (unpaired) electrons. The molecule has 2 heteroatoms. The molecule has 0 N–H and O–H groups in total. The van der Waals surface area contributed by atoms with E-state index < -0.39 is 0 Å². The molecule has 1 heterocycles. The number of hydrogen-bond acceptors (Lipinski definition) is 1. The molecule has 1 nitrogen and oxygen atoms in total. The average molecular weight is 371 g/mol. The Morgan fingerprint density at radius 2 is 1.33 bits per heavy atom. The van der Waals surface area contributed by atoms with Gasteiger partial charge in [-0.1, -0.05) is 80.0 Å². The van der Waals surface area contributed by atoms with Crippen molar-refractivity contribution >= 4 is 11.6 Å². The smallest absolute Gasteiger partial charge is 0.142 e. The van der Waals surface area contributed by atoms with Gasteiger partial charge in [-0.05, 0) is 35.4 Å². The zero-order chi connectivity index (χ0) is 18.6. The summed E-state index contributed by atoms with van der Waals surface area (Å²) in [6, 6.07) is 26.9. The Labute approximate surface area is 164 Å². The van der Waals surface area contributed by atoms with E-state index in [4.69, 9.17) is 16.0 Å². The van der Waals surface area contributed by atoms with E-state index in [2.05, 4.69) is 62.4 Å².